The van der Waals surface area contributed by atoms with Gasteiger partial charge in [-0.2, -0.15) is 0 Å². The highest BCUT2D eigenvalue weighted by atomic mass is 32.2. The molecule has 28 heavy (non-hydrogen) atoms. The summed E-state index contributed by atoms with van der Waals surface area (Å²) in [6.07, 6.45) is 0.174. The Balaban J connectivity index is 1.65. The van der Waals surface area contributed by atoms with Crippen LogP contribution in [0.15, 0.2) is 48.5 Å². The van der Waals surface area contributed by atoms with Crippen molar-refractivity contribution in [2.24, 2.45) is 0 Å². The van der Waals surface area contributed by atoms with Gasteiger partial charge in [-0.25, -0.2) is 8.42 Å². The first-order valence-electron chi connectivity index (χ1n) is 8.98. The van der Waals surface area contributed by atoms with Gasteiger partial charge in [0, 0.05) is 0 Å². The SMILES string of the molecule is Cc1ccccc1OC[C@@H](C)NC(=O)[C@@H]1CN(S(C)(=O)=O)c2ccccc2O1. The fourth-order valence-electron chi connectivity index (χ4n) is 2.96. The van der Waals surface area contributed by atoms with Gasteiger partial charge in [-0.1, -0.05) is 30.3 Å². The molecule has 1 N–H and O–H groups in total. The number of nitrogens with one attached hydrogen (secondary N) is 1. The molecule has 1 aliphatic heterocycles. The number of sulfonamides is 1. The van der Waals surface area contributed by atoms with Crippen LogP contribution in [0.5, 0.6) is 11.5 Å². The highest BCUT2D eigenvalue weighted by Crippen LogP contribution is 2.34. The number of carbonyl (C=O) groups is 1. The molecule has 0 saturated carbocycles. The molecule has 1 amide bonds. The Morgan fingerprint density at radius 2 is 1.93 bits per heavy atom. The highest BCUT2D eigenvalue weighted by molar-refractivity contribution is 7.92. The smallest absolute Gasteiger partial charge is 0.263 e. The van der Waals surface area contributed by atoms with Crippen molar-refractivity contribution in [2.75, 3.05) is 23.7 Å². The Morgan fingerprint density at radius 3 is 2.64 bits per heavy atom. The third-order valence-corrected chi connectivity index (χ3v) is 5.55. The van der Waals surface area contributed by atoms with Crippen LogP contribution >= 0.6 is 0 Å². The molecule has 8 heteroatoms. The zero-order valence-corrected chi connectivity index (χ0v) is 16.9. The van der Waals surface area contributed by atoms with E-state index in [1.165, 1.54) is 4.31 Å². The predicted molar refractivity (Wildman–Crippen MR) is 107 cm³/mol. The van der Waals surface area contributed by atoms with Crippen molar-refractivity contribution in [1.29, 1.82) is 0 Å². The number of carbonyl (C=O) groups excluding carboxylic acids is 1. The molecule has 0 spiro atoms. The first kappa shape index (κ1) is 20.0. The van der Waals surface area contributed by atoms with Crippen molar-refractivity contribution in [3.05, 3.63) is 54.1 Å². The van der Waals surface area contributed by atoms with E-state index in [-0.39, 0.29) is 25.1 Å². The number of benzene rings is 2. The van der Waals surface area contributed by atoms with Gasteiger partial charge >= 0.3 is 0 Å². The van der Waals surface area contributed by atoms with E-state index in [0.29, 0.717) is 11.4 Å². The molecule has 1 aliphatic rings. The maximum Gasteiger partial charge on any atom is 0.263 e. The monoisotopic (exact) mass is 404 g/mol. The molecule has 150 valence electrons. The lowest BCUT2D eigenvalue weighted by molar-refractivity contribution is -0.128. The van der Waals surface area contributed by atoms with E-state index >= 15 is 0 Å². The van der Waals surface area contributed by atoms with Crippen LogP contribution in [0.2, 0.25) is 0 Å². The van der Waals surface area contributed by atoms with Crippen LogP contribution in [0.1, 0.15) is 12.5 Å². The number of rotatable bonds is 6. The van der Waals surface area contributed by atoms with Crippen molar-refractivity contribution >= 4 is 21.6 Å². The Labute approximate surface area is 165 Å². The van der Waals surface area contributed by atoms with E-state index in [1.807, 2.05) is 38.1 Å². The summed E-state index contributed by atoms with van der Waals surface area (Å²) in [6, 6.07) is 14.1. The molecule has 0 aliphatic carbocycles. The summed E-state index contributed by atoms with van der Waals surface area (Å²) in [4.78, 5) is 12.7. The maximum atomic E-state index is 12.7. The van der Waals surface area contributed by atoms with Crippen molar-refractivity contribution < 1.29 is 22.7 Å². The average molecular weight is 404 g/mol. The van der Waals surface area contributed by atoms with Gasteiger partial charge in [-0.05, 0) is 37.6 Å². The summed E-state index contributed by atoms with van der Waals surface area (Å²) in [6.45, 7) is 3.98. The minimum Gasteiger partial charge on any atom is -0.491 e. The van der Waals surface area contributed by atoms with Gasteiger partial charge in [-0.15, -0.1) is 0 Å². The van der Waals surface area contributed by atoms with E-state index in [0.717, 1.165) is 17.6 Å². The molecule has 1 heterocycles. The number of hydrogen-bond donors (Lipinski definition) is 1. The lowest BCUT2D eigenvalue weighted by Gasteiger charge is -2.34. The molecule has 0 saturated heterocycles. The van der Waals surface area contributed by atoms with Crippen molar-refractivity contribution in [3.8, 4) is 11.5 Å². The number of fused-ring (bicyclic) bond motifs is 1. The minimum atomic E-state index is -3.54. The van der Waals surface area contributed by atoms with E-state index in [2.05, 4.69) is 5.32 Å². The molecule has 2 aromatic rings. The van der Waals surface area contributed by atoms with Crippen molar-refractivity contribution in [2.45, 2.75) is 26.0 Å². The molecule has 0 aromatic heterocycles. The van der Waals surface area contributed by atoms with Gasteiger partial charge < -0.3 is 14.8 Å². The molecular formula is C20H24N2O5S. The fraction of sp³-hybridized carbons (Fsp3) is 0.350. The van der Waals surface area contributed by atoms with Crippen LogP contribution in [0, 0.1) is 6.92 Å². The second kappa shape index (κ2) is 8.10. The van der Waals surface area contributed by atoms with E-state index < -0.39 is 16.1 Å². The van der Waals surface area contributed by atoms with Crippen LogP contribution in [0.25, 0.3) is 0 Å². The number of aryl methyl sites for hydroxylation is 1. The number of anilines is 1. The minimum absolute atomic E-state index is 0.0763. The molecule has 0 fully saturated rings. The van der Waals surface area contributed by atoms with Gasteiger partial charge in [0.05, 0.1) is 24.5 Å². The Hall–Kier alpha value is -2.74. The molecule has 0 unspecified atom stereocenters. The number of amides is 1. The summed E-state index contributed by atoms with van der Waals surface area (Å²) < 4.78 is 37.0. The largest absolute Gasteiger partial charge is 0.491 e. The number of hydrogen-bond acceptors (Lipinski definition) is 5. The van der Waals surface area contributed by atoms with Crippen LogP contribution in [-0.4, -0.2) is 45.9 Å². The van der Waals surface area contributed by atoms with E-state index in [4.69, 9.17) is 9.47 Å². The van der Waals surface area contributed by atoms with Crippen molar-refractivity contribution in [1.82, 2.24) is 5.32 Å². The summed E-state index contributed by atoms with van der Waals surface area (Å²) in [5.41, 5.74) is 1.45. The van der Waals surface area contributed by atoms with Crippen LogP contribution in [0.3, 0.4) is 0 Å². The van der Waals surface area contributed by atoms with Gasteiger partial charge in [0.15, 0.2) is 6.10 Å². The quantitative estimate of drug-likeness (QED) is 0.797. The Kier molecular flexibility index (Phi) is 5.79. The number of ether oxygens (including phenoxy) is 2. The summed E-state index contributed by atoms with van der Waals surface area (Å²) in [5.74, 6) is 0.738. The zero-order valence-electron chi connectivity index (χ0n) is 16.1. The second-order valence-electron chi connectivity index (χ2n) is 6.85. The van der Waals surface area contributed by atoms with Gasteiger partial charge in [0.1, 0.15) is 18.1 Å². The number of nitrogens with zero attached hydrogens (tertiary/aromatic N) is 1. The molecular weight excluding hydrogens is 380 g/mol. The topological polar surface area (TPSA) is 84.9 Å². The first-order valence-corrected chi connectivity index (χ1v) is 10.8. The third-order valence-electron chi connectivity index (χ3n) is 4.40. The predicted octanol–water partition coefficient (Wildman–Crippen LogP) is 2.11. The normalized spacial score (nSPS) is 17.2. The molecule has 0 radical (unpaired) electrons. The van der Waals surface area contributed by atoms with E-state index in [1.54, 1.807) is 24.3 Å². The van der Waals surface area contributed by atoms with Crippen LogP contribution in [0.4, 0.5) is 5.69 Å². The molecule has 2 atom stereocenters. The molecule has 7 nitrogen and oxygen atoms in total. The summed E-state index contributed by atoms with van der Waals surface area (Å²) in [7, 11) is -3.54. The Bertz CT molecular complexity index is 961. The first-order chi connectivity index (χ1) is 13.3. The summed E-state index contributed by atoms with van der Waals surface area (Å²) in [5, 5.41) is 2.83. The third kappa shape index (κ3) is 4.56. The summed E-state index contributed by atoms with van der Waals surface area (Å²) >= 11 is 0. The van der Waals surface area contributed by atoms with Gasteiger partial charge in [0.25, 0.3) is 5.91 Å². The van der Waals surface area contributed by atoms with Crippen LogP contribution < -0.4 is 19.1 Å². The Morgan fingerprint density at radius 1 is 1.25 bits per heavy atom. The highest BCUT2D eigenvalue weighted by Gasteiger charge is 2.35. The molecule has 0 bridgehead atoms. The van der Waals surface area contributed by atoms with Crippen molar-refractivity contribution in [3.63, 3.8) is 0 Å². The molecule has 3 rings (SSSR count). The average Bonchev–Trinajstić information content (AvgIpc) is 2.65. The molecule has 2 aromatic carbocycles. The fourth-order valence-corrected chi connectivity index (χ4v) is 3.88. The maximum absolute atomic E-state index is 12.7. The lowest BCUT2D eigenvalue weighted by atomic mass is 10.2. The standard InChI is InChI=1S/C20H24N2O5S/c1-14-8-4-6-10-17(14)26-13-15(2)21-20(23)19-12-22(28(3,24)25)16-9-5-7-11-18(16)27-19/h4-11,15,19H,12-13H2,1-3H3,(H,21,23)/t15-,19+/m1/s1. The van der Waals surface area contributed by atoms with Gasteiger partial charge in [0.2, 0.25) is 10.0 Å². The van der Waals surface area contributed by atoms with E-state index in [9.17, 15) is 13.2 Å². The number of para-hydroxylation sites is 3. The van der Waals surface area contributed by atoms with Crippen LogP contribution in [-0.2, 0) is 14.8 Å². The second-order valence-corrected chi connectivity index (χ2v) is 8.76. The lowest BCUT2D eigenvalue weighted by Crippen LogP contribution is -2.52. The van der Waals surface area contributed by atoms with Gasteiger partial charge in [-0.3, -0.25) is 9.10 Å². The zero-order chi connectivity index (χ0) is 20.3.